The molecule has 1 saturated heterocycles. The van der Waals surface area contributed by atoms with E-state index in [0.717, 1.165) is 19.4 Å². The maximum atomic E-state index is 13.1. The summed E-state index contributed by atoms with van der Waals surface area (Å²) in [7, 11) is 2.14. The first-order chi connectivity index (χ1) is 14.7. The number of aromatic nitrogens is 3. The number of rotatable bonds is 2. The van der Waals surface area contributed by atoms with Gasteiger partial charge in [0.05, 0.1) is 5.92 Å². The van der Waals surface area contributed by atoms with Crippen LogP contribution >= 0.6 is 11.6 Å². The minimum Gasteiger partial charge on any atom is -0.361 e. The molecule has 3 aromatic rings. The number of likely N-dealkylation sites (tertiary alicyclic amines) is 1. The second kappa shape index (κ2) is 7.31. The van der Waals surface area contributed by atoms with E-state index in [0.29, 0.717) is 22.9 Å². The normalized spacial score (nSPS) is 23.6. The van der Waals surface area contributed by atoms with Crippen molar-refractivity contribution in [3.05, 3.63) is 52.3 Å². The van der Waals surface area contributed by atoms with Crippen molar-refractivity contribution in [3.63, 3.8) is 0 Å². The average molecular weight is 438 g/mol. The van der Waals surface area contributed by atoms with Gasteiger partial charge >= 0.3 is 0 Å². The first-order valence-corrected chi connectivity index (χ1v) is 11.2. The van der Waals surface area contributed by atoms with E-state index in [1.165, 1.54) is 27.6 Å². The molecule has 31 heavy (non-hydrogen) atoms. The summed E-state index contributed by atoms with van der Waals surface area (Å²) < 4.78 is 0. The molecule has 2 aromatic heterocycles. The molecular formula is C24H28ClN5O. The zero-order valence-corrected chi connectivity index (χ0v) is 19.1. The lowest BCUT2D eigenvalue weighted by atomic mass is 9.71. The van der Waals surface area contributed by atoms with Crippen LogP contribution in [0.25, 0.3) is 10.9 Å². The quantitative estimate of drug-likeness (QED) is 0.618. The van der Waals surface area contributed by atoms with Crippen LogP contribution in [0, 0.1) is 5.92 Å². The van der Waals surface area contributed by atoms with Gasteiger partial charge in [0.1, 0.15) is 0 Å². The molecule has 1 amide bonds. The fourth-order valence-corrected chi connectivity index (χ4v) is 5.35. The van der Waals surface area contributed by atoms with E-state index in [1.54, 1.807) is 12.1 Å². The van der Waals surface area contributed by atoms with E-state index >= 15 is 0 Å². The molecule has 0 radical (unpaired) electrons. The van der Waals surface area contributed by atoms with Crippen molar-refractivity contribution in [1.29, 1.82) is 0 Å². The Bertz CT molecular complexity index is 1150. The van der Waals surface area contributed by atoms with Crippen LogP contribution in [0.5, 0.6) is 0 Å². The molecule has 0 unspecified atom stereocenters. The van der Waals surface area contributed by atoms with E-state index in [2.05, 4.69) is 71.5 Å². The number of piperidine rings is 1. The molecule has 2 aliphatic rings. The number of H-pyrrole nitrogens is 1. The molecule has 1 fully saturated rings. The highest BCUT2D eigenvalue weighted by Gasteiger charge is 2.42. The molecule has 0 spiro atoms. The molecule has 3 atom stereocenters. The van der Waals surface area contributed by atoms with Crippen LogP contribution in [0.1, 0.15) is 49.8 Å². The Kier molecular flexibility index (Phi) is 4.83. The first-order valence-electron chi connectivity index (χ1n) is 10.9. The molecule has 0 saturated carbocycles. The molecule has 3 heterocycles. The molecule has 1 aromatic carbocycles. The van der Waals surface area contributed by atoms with Gasteiger partial charge in [0.15, 0.2) is 11.0 Å². The SMILES string of the molecule is CN1C[C@H](C(=O)Nc2ccc(Cl)nn2)C[C@@H]2c3cc(C(C)(C)C)cc4[nH]cc(c34)C[C@H]21. The number of likely N-dealkylation sites (N-methyl/N-ethyl adjacent to an activating group) is 1. The first kappa shape index (κ1) is 20.5. The second-order valence-electron chi connectivity index (χ2n) is 10.0. The number of anilines is 1. The Morgan fingerprint density at radius 1 is 1.26 bits per heavy atom. The van der Waals surface area contributed by atoms with Gasteiger partial charge in [-0.25, -0.2) is 0 Å². The van der Waals surface area contributed by atoms with E-state index in [-0.39, 0.29) is 17.2 Å². The minimum atomic E-state index is -0.113. The van der Waals surface area contributed by atoms with Gasteiger partial charge in [0, 0.05) is 35.6 Å². The predicted molar refractivity (Wildman–Crippen MR) is 124 cm³/mol. The van der Waals surface area contributed by atoms with Crippen LogP contribution in [0.3, 0.4) is 0 Å². The highest BCUT2D eigenvalue weighted by Crippen LogP contribution is 2.46. The highest BCUT2D eigenvalue weighted by molar-refractivity contribution is 6.29. The average Bonchev–Trinajstić information content (AvgIpc) is 3.13. The zero-order valence-electron chi connectivity index (χ0n) is 18.4. The number of hydrogen-bond donors (Lipinski definition) is 2. The van der Waals surface area contributed by atoms with Crippen LogP contribution < -0.4 is 5.32 Å². The summed E-state index contributed by atoms with van der Waals surface area (Å²) >= 11 is 5.81. The van der Waals surface area contributed by atoms with Crippen LogP contribution in [0.2, 0.25) is 5.15 Å². The number of nitrogens with zero attached hydrogens (tertiary/aromatic N) is 3. The Hall–Kier alpha value is -2.44. The lowest BCUT2D eigenvalue weighted by Crippen LogP contribution is -2.50. The number of fused-ring (bicyclic) bond motifs is 2. The number of carbonyl (C=O) groups excluding carboxylic acids is 1. The van der Waals surface area contributed by atoms with Crippen molar-refractivity contribution in [2.45, 2.75) is 51.0 Å². The van der Waals surface area contributed by atoms with Crippen molar-refractivity contribution in [1.82, 2.24) is 20.1 Å². The summed E-state index contributed by atoms with van der Waals surface area (Å²) in [4.78, 5) is 19.0. The molecule has 5 rings (SSSR count). The number of hydrogen-bond acceptors (Lipinski definition) is 4. The predicted octanol–water partition coefficient (Wildman–Crippen LogP) is 4.51. The number of nitrogens with one attached hydrogen (secondary N) is 2. The van der Waals surface area contributed by atoms with Crippen molar-refractivity contribution in [3.8, 4) is 0 Å². The van der Waals surface area contributed by atoms with Gasteiger partial charge in [-0.15, -0.1) is 10.2 Å². The minimum absolute atomic E-state index is 0.00925. The number of benzene rings is 1. The van der Waals surface area contributed by atoms with Gasteiger partial charge in [-0.3, -0.25) is 4.79 Å². The van der Waals surface area contributed by atoms with Crippen molar-refractivity contribution >= 4 is 34.2 Å². The standard InChI is InChI=1S/C24H28ClN5O/c1-24(2,3)15-9-17-16-7-14(23(31)27-21-6-5-20(25)28-29-21)12-30(4)19(16)8-13-11-26-18(10-15)22(13)17/h5-6,9-11,14,16,19,26H,7-8,12H2,1-4H3,(H,27,29,31)/t14-,16-,19-/m1/s1. The van der Waals surface area contributed by atoms with Crippen molar-refractivity contribution in [2.75, 3.05) is 18.9 Å². The molecule has 162 valence electrons. The third-order valence-electron chi connectivity index (χ3n) is 6.92. The van der Waals surface area contributed by atoms with Gasteiger partial charge in [-0.1, -0.05) is 38.4 Å². The molecule has 1 aliphatic heterocycles. The molecule has 0 bridgehead atoms. The monoisotopic (exact) mass is 437 g/mol. The number of aromatic amines is 1. The zero-order chi connectivity index (χ0) is 21.9. The topological polar surface area (TPSA) is 73.9 Å². The molecule has 2 N–H and O–H groups in total. The van der Waals surface area contributed by atoms with Crippen LogP contribution in [-0.4, -0.2) is 45.6 Å². The van der Waals surface area contributed by atoms with Crippen LogP contribution in [-0.2, 0) is 16.6 Å². The Labute approximate surface area is 187 Å². The third-order valence-corrected chi connectivity index (χ3v) is 7.12. The fourth-order valence-electron chi connectivity index (χ4n) is 5.25. The Balaban J connectivity index is 1.48. The van der Waals surface area contributed by atoms with E-state index < -0.39 is 0 Å². The largest absolute Gasteiger partial charge is 0.361 e. The Morgan fingerprint density at radius 2 is 2.06 bits per heavy atom. The molecule has 7 heteroatoms. The van der Waals surface area contributed by atoms with Gasteiger partial charge in [0.25, 0.3) is 0 Å². The summed E-state index contributed by atoms with van der Waals surface area (Å²) in [6.45, 7) is 7.49. The molecule has 6 nitrogen and oxygen atoms in total. The van der Waals surface area contributed by atoms with Crippen molar-refractivity contribution in [2.24, 2.45) is 5.92 Å². The molecule has 1 aliphatic carbocycles. The van der Waals surface area contributed by atoms with Crippen LogP contribution in [0.15, 0.2) is 30.5 Å². The maximum absolute atomic E-state index is 13.1. The number of carbonyl (C=O) groups is 1. The van der Waals surface area contributed by atoms with E-state index in [4.69, 9.17) is 11.6 Å². The number of halogens is 1. The van der Waals surface area contributed by atoms with Gasteiger partial charge < -0.3 is 15.2 Å². The summed E-state index contributed by atoms with van der Waals surface area (Å²) in [5.41, 5.74) is 5.37. The van der Waals surface area contributed by atoms with Gasteiger partial charge in [0.2, 0.25) is 5.91 Å². The summed E-state index contributed by atoms with van der Waals surface area (Å²) in [6, 6.07) is 8.40. The smallest absolute Gasteiger partial charge is 0.230 e. The molecular weight excluding hydrogens is 410 g/mol. The summed E-state index contributed by atoms with van der Waals surface area (Å²) in [6.07, 6.45) is 4.01. The van der Waals surface area contributed by atoms with Gasteiger partial charge in [-0.2, -0.15) is 0 Å². The van der Waals surface area contributed by atoms with Crippen molar-refractivity contribution < 1.29 is 4.79 Å². The second-order valence-corrected chi connectivity index (χ2v) is 10.4. The third kappa shape index (κ3) is 3.62. The number of amides is 1. The summed E-state index contributed by atoms with van der Waals surface area (Å²) in [5, 5.41) is 12.4. The Morgan fingerprint density at radius 3 is 2.77 bits per heavy atom. The fraction of sp³-hybridized carbons (Fsp3) is 0.458. The van der Waals surface area contributed by atoms with E-state index in [1.807, 2.05) is 0 Å². The summed E-state index contributed by atoms with van der Waals surface area (Å²) in [5.74, 6) is 0.634. The highest BCUT2D eigenvalue weighted by atomic mass is 35.5. The maximum Gasteiger partial charge on any atom is 0.230 e. The lowest BCUT2D eigenvalue weighted by molar-refractivity contribution is -0.122. The van der Waals surface area contributed by atoms with Crippen LogP contribution in [0.4, 0.5) is 5.82 Å². The van der Waals surface area contributed by atoms with E-state index in [9.17, 15) is 4.79 Å². The lowest BCUT2D eigenvalue weighted by Gasteiger charge is -2.45. The van der Waals surface area contributed by atoms with Gasteiger partial charge in [-0.05, 0) is 60.2 Å².